The molecule has 0 fully saturated rings. The highest BCUT2D eigenvalue weighted by Crippen LogP contribution is 2.23. The van der Waals surface area contributed by atoms with Gasteiger partial charge >= 0.3 is 5.97 Å². The van der Waals surface area contributed by atoms with Crippen molar-refractivity contribution in [1.29, 1.82) is 0 Å². The van der Waals surface area contributed by atoms with Crippen LogP contribution in [0, 0.1) is 0 Å². The Bertz CT molecular complexity index is 848. The van der Waals surface area contributed by atoms with Crippen LogP contribution >= 0.6 is 0 Å². The van der Waals surface area contributed by atoms with E-state index >= 15 is 0 Å². The first-order valence-corrected chi connectivity index (χ1v) is 8.35. The Kier molecular flexibility index (Phi) is 5.43. The van der Waals surface area contributed by atoms with Gasteiger partial charge in [0.2, 0.25) is 0 Å². The summed E-state index contributed by atoms with van der Waals surface area (Å²) in [7, 11) is 0. The van der Waals surface area contributed by atoms with Crippen molar-refractivity contribution in [3.05, 3.63) is 102 Å². The van der Waals surface area contributed by atoms with Crippen LogP contribution in [0.25, 0.3) is 16.7 Å². The molecule has 0 spiro atoms. The summed E-state index contributed by atoms with van der Waals surface area (Å²) >= 11 is 0. The molecule has 2 nitrogen and oxygen atoms in total. The zero-order chi connectivity index (χ0) is 17.5. The van der Waals surface area contributed by atoms with Crippen molar-refractivity contribution < 1.29 is 9.90 Å². The minimum Gasteiger partial charge on any atom is -0.478 e. The van der Waals surface area contributed by atoms with Crippen molar-refractivity contribution in [2.45, 2.75) is 12.8 Å². The van der Waals surface area contributed by atoms with Crippen molar-refractivity contribution in [3.63, 3.8) is 0 Å². The predicted octanol–water partition coefficient (Wildman–Crippen LogP) is 5.45. The fraction of sp³-hybridized carbons (Fsp3) is 0.0870. The molecular formula is C23H20O2. The molecule has 3 aromatic carbocycles. The number of benzene rings is 3. The quantitative estimate of drug-likeness (QED) is 0.611. The molecule has 0 radical (unpaired) electrons. The normalized spacial score (nSPS) is 11.3. The van der Waals surface area contributed by atoms with Gasteiger partial charge in [-0.3, -0.25) is 0 Å². The molecule has 0 aliphatic carbocycles. The Labute approximate surface area is 148 Å². The van der Waals surface area contributed by atoms with Crippen LogP contribution in [-0.2, 0) is 11.2 Å². The molecule has 0 aliphatic rings. The monoisotopic (exact) mass is 328 g/mol. The summed E-state index contributed by atoms with van der Waals surface area (Å²) in [6.07, 6.45) is 2.82. The van der Waals surface area contributed by atoms with Gasteiger partial charge in [-0.25, -0.2) is 4.79 Å². The molecule has 3 aromatic rings. The molecule has 0 unspecified atom stereocenters. The van der Waals surface area contributed by atoms with Crippen LogP contribution in [0.2, 0.25) is 0 Å². The second-order valence-corrected chi connectivity index (χ2v) is 5.94. The van der Waals surface area contributed by atoms with E-state index in [1.54, 1.807) is 0 Å². The molecule has 0 aliphatic heterocycles. The van der Waals surface area contributed by atoms with Crippen LogP contribution in [0.5, 0.6) is 0 Å². The minimum absolute atomic E-state index is 0.695. The number of rotatable bonds is 6. The number of allylic oxidation sites excluding steroid dienone is 1. The number of carboxylic acids is 1. The molecule has 0 amide bonds. The molecule has 0 heterocycles. The highest BCUT2D eigenvalue weighted by molar-refractivity contribution is 5.90. The lowest BCUT2D eigenvalue weighted by molar-refractivity contribution is -0.131. The number of carboxylic acid groups (broad SMARTS) is 1. The van der Waals surface area contributed by atoms with E-state index in [0.717, 1.165) is 17.6 Å². The summed E-state index contributed by atoms with van der Waals surface area (Å²) in [5.41, 5.74) is 5.40. The van der Waals surface area contributed by atoms with Gasteiger partial charge in [-0.1, -0.05) is 84.9 Å². The third kappa shape index (κ3) is 4.67. The molecule has 3 rings (SSSR count). The van der Waals surface area contributed by atoms with E-state index in [1.807, 2.05) is 48.5 Å². The van der Waals surface area contributed by atoms with E-state index in [0.29, 0.717) is 6.42 Å². The minimum atomic E-state index is -0.904. The molecule has 0 saturated heterocycles. The van der Waals surface area contributed by atoms with Gasteiger partial charge < -0.3 is 5.11 Å². The van der Waals surface area contributed by atoms with Crippen molar-refractivity contribution in [2.75, 3.05) is 0 Å². The Morgan fingerprint density at radius 3 is 1.92 bits per heavy atom. The van der Waals surface area contributed by atoms with Crippen LogP contribution in [-0.4, -0.2) is 11.1 Å². The first-order valence-electron chi connectivity index (χ1n) is 8.35. The SMILES string of the molecule is O=C(O)/C=C(/CCc1ccc(-c2ccccc2)cc1)c1ccccc1. The number of aliphatic carboxylic acids is 1. The Balaban J connectivity index is 1.72. The maximum atomic E-state index is 11.1. The van der Waals surface area contributed by atoms with Crippen molar-refractivity contribution in [3.8, 4) is 11.1 Å². The lowest BCUT2D eigenvalue weighted by Crippen LogP contribution is -1.95. The van der Waals surface area contributed by atoms with Gasteiger partial charge in [-0.05, 0) is 40.7 Å². The van der Waals surface area contributed by atoms with Crippen LogP contribution in [0.15, 0.2) is 91.0 Å². The third-order valence-corrected chi connectivity index (χ3v) is 4.19. The van der Waals surface area contributed by atoms with Gasteiger partial charge in [0.05, 0.1) is 0 Å². The molecular weight excluding hydrogens is 308 g/mol. The number of hydrogen-bond donors (Lipinski definition) is 1. The highest BCUT2D eigenvalue weighted by Gasteiger charge is 2.05. The second-order valence-electron chi connectivity index (χ2n) is 5.94. The summed E-state index contributed by atoms with van der Waals surface area (Å²) in [5.74, 6) is -0.904. The van der Waals surface area contributed by atoms with Gasteiger partial charge in [-0.15, -0.1) is 0 Å². The number of hydrogen-bond acceptors (Lipinski definition) is 1. The maximum Gasteiger partial charge on any atom is 0.328 e. The van der Waals surface area contributed by atoms with E-state index in [-0.39, 0.29) is 0 Å². The molecule has 1 N–H and O–H groups in total. The average molecular weight is 328 g/mol. The van der Waals surface area contributed by atoms with E-state index in [9.17, 15) is 4.79 Å². The zero-order valence-corrected chi connectivity index (χ0v) is 13.9. The summed E-state index contributed by atoms with van der Waals surface area (Å²) in [4.78, 5) is 11.1. The summed E-state index contributed by atoms with van der Waals surface area (Å²) in [6.45, 7) is 0. The summed E-state index contributed by atoms with van der Waals surface area (Å²) < 4.78 is 0. The van der Waals surface area contributed by atoms with Crippen LogP contribution < -0.4 is 0 Å². The number of aryl methyl sites for hydroxylation is 1. The molecule has 0 atom stereocenters. The van der Waals surface area contributed by atoms with Crippen LogP contribution in [0.3, 0.4) is 0 Å². The third-order valence-electron chi connectivity index (χ3n) is 4.19. The lowest BCUT2D eigenvalue weighted by Gasteiger charge is -2.08. The Morgan fingerprint density at radius 1 is 0.760 bits per heavy atom. The fourth-order valence-electron chi connectivity index (χ4n) is 2.87. The van der Waals surface area contributed by atoms with Gasteiger partial charge in [0.25, 0.3) is 0 Å². The molecule has 25 heavy (non-hydrogen) atoms. The first kappa shape index (κ1) is 16.7. The van der Waals surface area contributed by atoms with Crippen LogP contribution in [0.1, 0.15) is 17.5 Å². The largest absolute Gasteiger partial charge is 0.478 e. The summed E-state index contributed by atoms with van der Waals surface area (Å²) in [6, 6.07) is 28.4. The topological polar surface area (TPSA) is 37.3 Å². The Morgan fingerprint density at radius 2 is 1.32 bits per heavy atom. The summed E-state index contributed by atoms with van der Waals surface area (Å²) in [5, 5.41) is 9.13. The standard InChI is InChI=1S/C23H20O2/c24-23(25)17-22(20-9-5-2-6-10-20)16-13-18-11-14-21(15-12-18)19-7-3-1-4-8-19/h1-12,14-15,17H,13,16H2,(H,24,25)/b22-17-. The number of carbonyl (C=O) groups is 1. The van der Waals surface area contributed by atoms with Gasteiger partial charge in [0, 0.05) is 6.08 Å². The predicted molar refractivity (Wildman–Crippen MR) is 102 cm³/mol. The lowest BCUT2D eigenvalue weighted by atomic mass is 9.96. The molecule has 2 heteroatoms. The molecule has 0 saturated carbocycles. The second kappa shape index (κ2) is 8.11. The first-order chi connectivity index (χ1) is 12.2. The van der Waals surface area contributed by atoms with Crippen molar-refractivity contribution in [1.82, 2.24) is 0 Å². The van der Waals surface area contributed by atoms with Crippen molar-refractivity contribution in [2.24, 2.45) is 0 Å². The Hall–Kier alpha value is -3.13. The van der Waals surface area contributed by atoms with Gasteiger partial charge in [0.1, 0.15) is 0 Å². The van der Waals surface area contributed by atoms with Gasteiger partial charge in [-0.2, -0.15) is 0 Å². The van der Waals surface area contributed by atoms with Gasteiger partial charge in [0.15, 0.2) is 0 Å². The van der Waals surface area contributed by atoms with E-state index < -0.39 is 5.97 Å². The fourth-order valence-corrected chi connectivity index (χ4v) is 2.87. The maximum absolute atomic E-state index is 11.1. The van der Waals surface area contributed by atoms with E-state index in [2.05, 4.69) is 36.4 Å². The smallest absolute Gasteiger partial charge is 0.328 e. The van der Waals surface area contributed by atoms with E-state index in [1.165, 1.54) is 22.8 Å². The molecule has 0 aromatic heterocycles. The van der Waals surface area contributed by atoms with Crippen LogP contribution in [0.4, 0.5) is 0 Å². The van der Waals surface area contributed by atoms with Crippen molar-refractivity contribution >= 4 is 11.5 Å². The average Bonchev–Trinajstić information content (AvgIpc) is 2.67. The molecule has 124 valence electrons. The molecule has 0 bridgehead atoms. The highest BCUT2D eigenvalue weighted by atomic mass is 16.4. The zero-order valence-electron chi connectivity index (χ0n) is 13.9. The van der Waals surface area contributed by atoms with E-state index in [4.69, 9.17) is 5.11 Å².